The summed E-state index contributed by atoms with van der Waals surface area (Å²) in [4.78, 5) is 12.9. The molecule has 3 unspecified atom stereocenters. The minimum absolute atomic E-state index is 0. The monoisotopic (exact) mass is 354 g/mol. The molecule has 1 saturated carbocycles. The minimum atomic E-state index is -0.903. The number of benzene rings is 1. The molecule has 5 nitrogen and oxygen atoms in total. The predicted molar refractivity (Wildman–Crippen MR) is 96.7 cm³/mol. The van der Waals surface area contributed by atoms with Gasteiger partial charge < -0.3 is 20.5 Å². The van der Waals surface area contributed by atoms with Crippen LogP contribution in [0.15, 0.2) is 24.3 Å². The summed E-state index contributed by atoms with van der Waals surface area (Å²) in [5.41, 5.74) is 6.03. The molecule has 1 heterocycles. The van der Waals surface area contributed by atoms with Crippen LogP contribution >= 0.6 is 12.4 Å². The fraction of sp³-hybridized carbons (Fsp3) is 0.611. The second kappa shape index (κ2) is 6.90. The van der Waals surface area contributed by atoms with Crippen LogP contribution in [-0.4, -0.2) is 30.8 Å². The van der Waals surface area contributed by atoms with E-state index >= 15 is 0 Å². The summed E-state index contributed by atoms with van der Waals surface area (Å²) in [5, 5.41) is 2.97. The normalized spacial score (nSPS) is 30.3. The highest BCUT2D eigenvalue weighted by Gasteiger charge is 2.70. The number of hydrogen-bond donors (Lipinski definition) is 2. The number of ether oxygens (including phenoxy) is 2. The summed E-state index contributed by atoms with van der Waals surface area (Å²) in [7, 11) is 0. The second-order valence-corrected chi connectivity index (χ2v) is 7.05. The van der Waals surface area contributed by atoms with Gasteiger partial charge in [-0.2, -0.15) is 0 Å². The van der Waals surface area contributed by atoms with Crippen molar-refractivity contribution in [3.63, 3.8) is 0 Å². The van der Waals surface area contributed by atoms with E-state index in [-0.39, 0.29) is 35.8 Å². The van der Waals surface area contributed by atoms with E-state index < -0.39 is 5.54 Å². The molecule has 3 N–H and O–H groups in total. The van der Waals surface area contributed by atoms with E-state index in [1.54, 1.807) is 0 Å². The number of carbonyl (C=O) groups is 1. The van der Waals surface area contributed by atoms with Crippen LogP contribution in [-0.2, 0) is 9.53 Å². The van der Waals surface area contributed by atoms with E-state index in [0.717, 1.165) is 25.2 Å². The van der Waals surface area contributed by atoms with Gasteiger partial charge in [-0.1, -0.05) is 19.9 Å². The maximum absolute atomic E-state index is 12.9. The molecule has 0 bridgehead atoms. The lowest BCUT2D eigenvalue weighted by Gasteiger charge is -2.65. The van der Waals surface area contributed by atoms with E-state index in [0.29, 0.717) is 12.3 Å². The Hall–Kier alpha value is -1.30. The van der Waals surface area contributed by atoms with Crippen LogP contribution in [0.2, 0.25) is 0 Å². The summed E-state index contributed by atoms with van der Waals surface area (Å²) in [6, 6.07) is 7.41. The molecule has 2 fully saturated rings. The zero-order chi connectivity index (χ0) is 16.7. The molecule has 1 aliphatic heterocycles. The molecule has 0 aromatic heterocycles. The van der Waals surface area contributed by atoms with Crippen molar-refractivity contribution in [1.82, 2.24) is 0 Å². The topological polar surface area (TPSA) is 73.6 Å². The standard InChI is InChI=1S/C18H26N2O3.ClH/c1-4-22-13-8-5-7-12(11-13)20-16(21)18(19)14-9-6-10-23-15(14)17(18,2)3;/h5,7-8,11,14-15H,4,6,9-10,19H2,1-3H3,(H,20,21);1H. The van der Waals surface area contributed by atoms with Crippen LogP contribution in [0.5, 0.6) is 5.75 Å². The Morgan fingerprint density at radius 2 is 2.21 bits per heavy atom. The van der Waals surface area contributed by atoms with Gasteiger partial charge in [0.25, 0.3) is 0 Å². The van der Waals surface area contributed by atoms with Crippen molar-refractivity contribution in [1.29, 1.82) is 0 Å². The third-order valence-electron chi connectivity index (χ3n) is 5.46. The van der Waals surface area contributed by atoms with Crippen LogP contribution < -0.4 is 15.8 Å². The SMILES string of the molecule is CCOc1cccc(NC(=O)C2(N)C3CCCOC3C2(C)C)c1.Cl. The summed E-state index contributed by atoms with van der Waals surface area (Å²) >= 11 is 0. The molecule has 2 aliphatic rings. The van der Waals surface area contributed by atoms with Gasteiger partial charge >= 0.3 is 0 Å². The molecule has 24 heavy (non-hydrogen) atoms. The zero-order valence-corrected chi connectivity index (χ0v) is 15.3. The number of rotatable bonds is 4. The molecular weight excluding hydrogens is 328 g/mol. The summed E-state index contributed by atoms with van der Waals surface area (Å²) in [6.45, 7) is 7.33. The fourth-order valence-electron chi connectivity index (χ4n) is 4.10. The Morgan fingerprint density at radius 3 is 2.92 bits per heavy atom. The van der Waals surface area contributed by atoms with Gasteiger partial charge in [0.1, 0.15) is 11.3 Å². The highest BCUT2D eigenvalue weighted by molar-refractivity contribution is 6.00. The summed E-state index contributed by atoms with van der Waals surface area (Å²) in [6.07, 6.45) is 1.97. The molecule has 1 aromatic rings. The van der Waals surface area contributed by atoms with Gasteiger partial charge in [-0.3, -0.25) is 4.79 Å². The Labute approximate surface area is 149 Å². The molecule has 1 amide bonds. The summed E-state index contributed by atoms with van der Waals surface area (Å²) < 4.78 is 11.3. The lowest BCUT2D eigenvalue weighted by Crippen LogP contribution is -2.81. The van der Waals surface area contributed by atoms with Crippen molar-refractivity contribution >= 4 is 24.0 Å². The molecule has 134 valence electrons. The molecule has 0 radical (unpaired) electrons. The van der Waals surface area contributed by atoms with Crippen molar-refractivity contribution in [3.05, 3.63) is 24.3 Å². The Morgan fingerprint density at radius 1 is 1.46 bits per heavy atom. The van der Waals surface area contributed by atoms with E-state index in [2.05, 4.69) is 5.32 Å². The Kier molecular flexibility index (Phi) is 5.47. The van der Waals surface area contributed by atoms with E-state index in [1.165, 1.54) is 0 Å². The third kappa shape index (κ3) is 2.79. The smallest absolute Gasteiger partial charge is 0.245 e. The van der Waals surface area contributed by atoms with Crippen LogP contribution in [0.1, 0.15) is 33.6 Å². The number of fused-ring (bicyclic) bond motifs is 1. The van der Waals surface area contributed by atoms with Crippen LogP contribution in [0.4, 0.5) is 5.69 Å². The zero-order valence-electron chi connectivity index (χ0n) is 14.5. The van der Waals surface area contributed by atoms with Gasteiger partial charge in [0, 0.05) is 29.7 Å². The highest BCUT2D eigenvalue weighted by atomic mass is 35.5. The number of hydrogen-bond acceptors (Lipinski definition) is 4. The van der Waals surface area contributed by atoms with E-state index in [9.17, 15) is 4.79 Å². The maximum atomic E-state index is 12.9. The van der Waals surface area contributed by atoms with E-state index in [1.807, 2.05) is 45.0 Å². The van der Waals surface area contributed by atoms with Crippen molar-refractivity contribution in [3.8, 4) is 5.75 Å². The van der Waals surface area contributed by atoms with Crippen molar-refractivity contribution in [2.24, 2.45) is 17.1 Å². The largest absolute Gasteiger partial charge is 0.494 e. The number of nitrogens with two attached hydrogens (primary N) is 1. The molecule has 1 saturated heterocycles. The molecule has 1 aliphatic carbocycles. The molecule has 0 spiro atoms. The number of anilines is 1. The molecule has 3 rings (SSSR count). The number of carbonyl (C=O) groups excluding carboxylic acids is 1. The Bertz CT molecular complexity index is 608. The molecular formula is C18H27ClN2O3. The van der Waals surface area contributed by atoms with Crippen molar-refractivity contribution < 1.29 is 14.3 Å². The van der Waals surface area contributed by atoms with Crippen LogP contribution in [0.3, 0.4) is 0 Å². The van der Waals surface area contributed by atoms with Crippen LogP contribution in [0, 0.1) is 11.3 Å². The fourth-order valence-corrected chi connectivity index (χ4v) is 4.10. The van der Waals surface area contributed by atoms with E-state index in [4.69, 9.17) is 15.2 Å². The van der Waals surface area contributed by atoms with Crippen molar-refractivity contribution in [2.75, 3.05) is 18.5 Å². The minimum Gasteiger partial charge on any atom is -0.494 e. The quantitative estimate of drug-likeness (QED) is 0.871. The van der Waals surface area contributed by atoms with Gasteiger partial charge in [0.05, 0.1) is 12.7 Å². The van der Waals surface area contributed by atoms with Crippen LogP contribution in [0.25, 0.3) is 0 Å². The number of amides is 1. The van der Waals surface area contributed by atoms with Gasteiger partial charge in [0.2, 0.25) is 5.91 Å². The van der Waals surface area contributed by atoms with Gasteiger partial charge in [-0.15, -0.1) is 12.4 Å². The Balaban J connectivity index is 0.00000208. The number of halogens is 1. The first-order chi connectivity index (χ1) is 10.9. The van der Waals surface area contributed by atoms with Crippen molar-refractivity contribution in [2.45, 2.75) is 45.3 Å². The first-order valence-corrected chi connectivity index (χ1v) is 8.36. The van der Waals surface area contributed by atoms with Gasteiger partial charge in [-0.05, 0) is 31.9 Å². The average molecular weight is 355 g/mol. The third-order valence-corrected chi connectivity index (χ3v) is 5.46. The van der Waals surface area contributed by atoms with Gasteiger partial charge in [-0.25, -0.2) is 0 Å². The first kappa shape index (κ1) is 19.0. The van der Waals surface area contributed by atoms with Gasteiger partial charge in [0.15, 0.2) is 0 Å². The first-order valence-electron chi connectivity index (χ1n) is 8.36. The molecule has 1 aromatic carbocycles. The maximum Gasteiger partial charge on any atom is 0.245 e. The lowest BCUT2D eigenvalue weighted by molar-refractivity contribution is -0.222. The lowest BCUT2D eigenvalue weighted by atomic mass is 9.46. The number of nitrogens with one attached hydrogen (secondary N) is 1. The molecule has 6 heteroatoms. The predicted octanol–water partition coefficient (Wildman–Crippen LogP) is 2.98. The summed E-state index contributed by atoms with van der Waals surface area (Å²) in [5.74, 6) is 0.687. The second-order valence-electron chi connectivity index (χ2n) is 7.05. The molecule has 3 atom stereocenters. The highest BCUT2D eigenvalue weighted by Crippen LogP contribution is 2.57. The average Bonchev–Trinajstić information content (AvgIpc) is 2.54.